The molecule has 0 aliphatic heterocycles. The zero-order valence-electron chi connectivity index (χ0n) is 23.1. The smallest absolute Gasteiger partial charge is 0.243 e. The van der Waals surface area contributed by atoms with Gasteiger partial charge in [-0.05, 0) is 55.7 Å². The average molecular weight is 605 g/mol. The van der Waals surface area contributed by atoms with Gasteiger partial charge in [0.15, 0.2) is 0 Å². The number of carbonyl (C=O) groups excluding carboxylic acids is 2. The summed E-state index contributed by atoms with van der Waals surface area (Å²) in [5, 5.41) is 3.77. The molecule has 0 aliphatic rings. The molecule has 10 heteroatoms. The van der Waals surface area contributed by atoms with Gasteiger partial charge in [-0.15, -0.1) is 0 Å². The summed E-state index contributed by atoms with van der Waals surface area (Å²) in [7, 11) is -2.60. The van der Waals surface area contributed by atoms with Gasteiger partial charge in [0.1, 0.15) is 6.04 Å². The first-order chi connectivity index (χ1) is 18.9. The van der Waals surface area contributed by atoms with Crippen LogP contribution in [0.4, 0.5) is 0 Å². The first-order valence-electron chi connectivity index (χ1n) is 13.0. The normalized spacial score (nSPS) is 13.1. The van der Waals surface area contributed by atoms with Crippen molar-refractivity contribution in [3.05, 3.63) is 99.5 Å². The van der Waals surface area contributed by atoms with Gasteiger partial charge in [0.05, 0.1) is 11.4 Å². The van der Waals surface area contributed by atoms with Gasteiger partial charge in [-0.1, -0.05) is 84.2 Å². The van der Waals surface area contributed by atoms with E-state index in [-0.39, 0.29) is 29.8 Å². The van der Waals surface area contributed by atoms with Gasteiger partial charge in [-0.2, -0.15) is 4.31 Å². The fourth-order valence-electron chi connectivity index (χ4n) is 4.08. The van der Waals surface area contributed by atoms with E-state index < -0.39 is 28.5 Å². The molecule has 0 aromatic heterocycles. The van der Waals surface area contributed by atoms with Crippen LogP contribution in [0.1, 0.15) is 37.0 Å². The molecule has 214 valence electrons. The van der Waals surface area contributed by atoms with Crippen LogP contribution < -0.4 is 5.32 Å². The van der Waals surface area contributed by atoms with Crippen molar-refractivity contribution in [3.8, 4) is 0 Å². The van der Waals surface area contributed by atoms with Crippen molar-refractivity contribution in [2.45, 2.75) is 57.1 Å². The number of nitrogens with one attached hydrogen (secondary N) is 1. The minimum Gasteiger partial charge on any atom is -0.352 e. The third kappa shape index (κ3) is 8.30. The molecule has 0 aliphatic carbocycles. The molecular formula is C30H35Cl2N3O4S. The molecule has 3 rings (SSSR count). The number of hydrogen-bond acceptors (Lipinski definition) is 4. The van der Waals surface area contributed by atoms with Crippen LogP contribution in [0.5, 0.6) is 0 Å². The number of amides is 2. The van der Waals surface area contributed by atoms with Gasteiger partial charge in [0.2, 0.25) is 21.8 Å². The van der Waals surface area contributed by atoms with E-state index in [1.54, 1.807) is 30.3 Å². The summed E-state index contributed by atoms with van der Waals surface area (Å²) in [5.41, 5.74) is 2.35. The highest BCUT2D eigenvalue weighted by Gasteiger charge is 2.33. The molecule has 0 fully saturated rings. The zero-order valence-corrected chi connectivity index (χ0v) is 25.4. The standard InChI is InChI=1S/C30H35Cl2N3O4S/c1-5-22(3)33-30(37)28(17-23-9-7-6-8-10-23)35(19-24-13-14-25(31)18-27(24)32)29(36)20-34(4)40(38,39)26-15-11-21(2)12-16-26/h6-16,18,22,28H,5,17,19-20H2,1-4H3,(H,33,37). The van der Waals surface area contributed by atoms with Crippen molar-refractivity contribution in [1.82, 2.24) is 14.5 Å². The molecule has 7 nitrogen and oxygen atoms in total. The first kappa shape index (κ1) is 31.6. The molecule has 0 spiro atoms. The summed E-state index contributed by atoms with van der Waals surface area (Å²) >= 11 is 12.6. The molecule has 3 aromatic carbocycles. The largest absolute Gasteiger partial charge is 0.352 e. The monoisotopic (exact) mass is 603 g/mol. The third-order valence-electron chi connectivity index (χ3n) is 6.72. The van der Waals surface area contributed by atoms with Gasteiger partial charge in [0.25, 0.3) is 0 Å². The minimum atomic E-state index is -3.96. The van der Waals surface area contributed by atoms with E-state index in [1.165, 1.54) is 24.1 Å². The molecule has 3 aromatic rings. The van der Waals surface area contributed by atoms with Crippen LogP contribution in [0.3, 0.4) is 0 Å². The zero-order chi connectivity index (χ0) is 29.4. The molecular weight excluding hydrogens is 569 g/mol. The second-order valence-corrected chi connectivity index (χ2v) is 12.7. The van der Waals surface area contributed by atoms with Crippen LogP contribution in [0.2, 0.25) is 10.0 Å². The highest BCUT2D eigenvalue weighted by Crippen LogP contribution is 2.25. The number of likely N-dealkylation sites (N-methyl/N-ethyl adjacent to an activating group) is 1. The quantitative estimate of drug-likeness (QED) is 0.297. The van der Waals surface area contributed by atoms with Crippen molar-refractivity contribution < 1.29 is 18.0 Å². The lowest BCUT2D eigenvalue weighted by molar-refractivity contribution is -0.141. The first-order valence-corrected chi connectivity index (χ1v) is 15.2. The number of sulfonamides is 1. The number of benzene rings is 3. The summed E-state index contributed by atoms with van der Waals surface area (Å²) < 4.78 is 27.5. The van der Waals surface area contributed by atoms with Crippen LogP contribution in [0.25, 0.3) is 0 Å². The molecule has 2 atom stereocenters. The maximum absolute atomic E-state index is 13.9. The van der Waals surface area contributed by atoms with Crippen LogP contribution in [0.15, 0.2) is 77.7 Å². The number of rotatable bonds is 12. The topological polar surface area (TPSA) is 86.8 Å². The molecule has 0 saturated heterocycles. The van der Waals surface area contributed by atoms with Gasteiger partial charge < -0.3 is 10.2 Å². The number of hydrogen-bond donors (Lipinski definition) is 1. The van der Waals surface area contributed by atoms with Crippen molar-refractivity contribution in [2.24, 2.45) is 0 Å². The molecule has 2 unspecified atom stereocenters. The Hall–Kier alpha value is -2.91. The molecule has 0 heterocycles. The molecule has 40 heavy (non-hydrogen) atoms. The number of halogens is 2. The maximum Gasteiger partial charge on any atom is 0.243 e. The lowest BCUT2D eigenvalue weighted by Gasteiger charge is -2.33. The van der Waals surface area contributed by atoms with E-state index >= 15 is 0 Å². The highest BCUT2D eigenvalue weighted by atomic mass is 35.5. The SMILES string of the molecule is CCC(C)NC(=O)C(Cc1ccccc1)N(Cc1ccc(Cl)cc1Cl)C(=O)CN(C)S(=O)(=O)c1ccc(C)cc1. The summed E-state index contributed by atoms with van der Waals surface area (Å²) in [6.07, 6.45) is 0.937. The number of carbonyl (C=O) groups is 2. The summed E-state index contributed by atoms with van der Waals surface area (Å²) in [4.78, 5) is 29.1. The van der Waals surface area contributed by atoms with Gasteiger partial charge in [0, 0.05) is 36.1 Å². The van der Waals surface area contributed by atoms with Crippen molar-refractivity contribution >= 4 is 45.0 Å². The Kier molecular flexibility index (Phi) is 11.2. The Labute approximate surface area is 247 Å². The minimum absolute atomic E-state index is 0.0152. The maximum atomic E-state index is 13.9. The van der Waals surface area contributed by atoms with Crippen molar-refractivity contribution in [1.29, 1.82) is 0 Å². The highest BCUT2D eigenvalue weighted by molar-refractivity contribution is 7.89. The van der Waals surface area contributed by atoms with Crippen LogP contribution in [-0.2, 0) is 32.6 Å². The van der Waals surface area contributed by atoms with Crippen molar-refractivity contribution in [3.63, 3.8) is 0 Å². The lowest BCUT2D eigenvalue weighted by atomic mass is 10.0. The second-order valence-electron chi connectivity index (χ2n) is 9.85. The lowest BCUT2D eigenvalue weighted by Crippen LogP contribution is -2.54. The third-order valence-corrected chi connectivity index (χ3v) is 9.12. The Morgan fingerprint density at radius 2 is 1.62 bits per heavy atom. The summed E-state index contributed by atoms with van der Waals surface area (Å²) in [6.45, 7) is 5.23. The van der Waals surface area contributed by atoms with E-state index in [0.717, 1.165) is 15.4 Å². The Morgan fingerprint density at radius 1 is 0.975 bits per heavy atom. The number of aryl methyl sites for hydroxylation is 1. The van der Waals surface area contributed by atoms with E-state index in [4.69, 9.17) is 23.2 Å². The van der Waals surface area contributed by atoms with E-state index in [1.807, 2.05) is 51.1 Å². The van der Waals surface area contributed by atoms with Gasteiger partial charge >= 0.3 is 0 Å². The fourth-order valence-corrected chi connectivity index (χ4v) is 5.67. The van der Waals surface area contributed by atoms with E-state index in [2.05, 4.69) is 5.32 Å². The summed E-state index contributed by atoms with van der Waals surface area (Å²) in [6, 6.07) is 19.7. The molecule has 0 saturated carbocycles. The molecule has 0 bridgehead atoms. The van der Waals surface area contributed by atoms with Crippen LogP contribution >= 0.6 is 23.2 Å². The Balaban J connectivity index is 2.01. The van der Waals surface area contributed by atoms with Crippen LogP contribution in [0, 0.1) is 6.92 Å². The predicted octanol–water partition coefficient (Wildman–Crippen LogP) is 5.48. The fraction of sp³-hybridized carbons (Fsp3) is 0.333. The average Bonchev–Trinajstić information content (AvgIpc) is 2.92. The Bertz CT molecular complexity index is 1420. The van der Waals surface area contributed by atoms with Gasteiger partial charge in [-0.3, -0.25) is 9.59 Å². The predicted molar refractivity (Wildman–Crippen MR) is 160 cm³/mol. The van der Waals surface area contributed by atoms with Crippen LogP contribution in [-0.4, -0.2) is 55.1 Å². The van der Waals surface area contributed by atoms with E-state index in [0.29, 0.717) is 22.0 Å². The molecule has 0 radical (unpaired) electrons. The van der Waals surface area contributed by atoms with Gasteiger partial charge in [-0.25, -0.2) is 8.42 Å². The number of nitrogens with zero attached hydrogens (tertiary/aromatic N) is 2. The Morgan fingerprint density at radius 3 is 2.23 bits per heavy atom. The summed E-state index contributed by atoms with van der Waals surface area (Å²) in [5.74, 6) is -0.870. The molecule has 1 N–H and O–H groups in total. The van der Waals surface area contributed by atoms with E-state index in [9.17, 15) is 18.0 Å². The second kappa shape index (κ2) is 14.1. The van der Waals surface area contributed by atoms with Crippen molar-refractivity contribution in [2.75, 3.05) is 13.6 Å². The molecule has 2 amide bonds.